The van der Waals surface area contributed by atoms with Crippen LogP contribution in [0.1, 0.15) is 25.9 Å². The fraction of sp³-hybridized carbons (Fsp3) is 0.200. The second-order valence-electron chi connectivity index (χ2n) is 5.62. The SMILES string of the molecule is Cc1nc(COc2ccccc2)sc1C(=O)NCCc1ccccc1. The fourth-order valence-corrected chi connectivity index (χ4v) is 3.33. The molecule has 128 valence electrons. The molecule has 0 radical (unpaired) electrons. The first kappa shape index (κ1) is 17.2. The van der Waals surface area contributed by atoms with Gasteiger partial charge in [0.2, 0.25) is 0 Å². The van der Waals surface area contributed by atoms with Gasteiger partial charge in [-0.25, -0.2) is 4.98 Å². The minimum absolute atomic E-state index is 0.0723. The Bertz CT molecular complexity index is 816. The third kappa shape index (κ3) is 4.90. The molecule has 0 atom stereocenters. The van der Waals surface area contributed by atoms with E-state index >= 15 is 0 Å². The van der Waals surface area contributed by atoms with Gasteiger partial charge in [0.1, 0.15) is 22.2 Å². The lowest BCUT2D eigenvalue weighted by Gasteiger charge is -2.04. The summed E-state index contributed by atoms with van der Waals surface area (Å²) in [6.07, 6.45) is 0.814. The molecule has 2 aromatic carbocycles. The van der Waals surface area contributed by atoms with Crippen LogP contribution < -0.4 is 10.1 Å². The van der Waals surface area contributed by atoms with Crippen LogP contribution in [0.5, 0.6) is 5.75 Å². The van der Waals surface area contributed by atoms with Crippen molar-refractivity contribution in [3.63, 3.8) is 0 Å². The van der Waals surface area contributed by atoms with Crippen molar-refractivity contribution >= 4 is 17.2 Å². The quantitative estimate of drug-likeness (QED) is 0.699. The molecular formula is C20H20N2O2S. The predicted octanol–water partition coefficient (Wildman–Crippen LogP) is 4.00. The van der Waals surface area contributed by atoms with Crippen molar-refractivity contribution in [3.8, 4) is 5.75 Å². The minimum Gasteiger partial charge on any atom is -0.486 e. The van der Waals surface area contributed by atoms with Crippen LogP contribution in [0.4, 0.5) is 0 Å². The first-order valence-corrected chi connectivity index (χ1v) is 9.00. The minimum atomic E-state index is -0.0723. The van der Waals surface area contributed by atoms with Gasteiger partial charge in [-0.1, -0.05) is 48.5 Å². The lowest BCUT2D eigenvalue weighted by atomic mass is 10.1. The zero-order valence-electron chi connectivity index (χ0n) is 14.1. The summed E-state index contributed by atoms with van der Waals surface area (Å²) in [5, 5.41) is 3.77. The van der Waals surface area contributed by atoms with Crippen molar-refractivity contribution in [2.24, 2.45) is 0 Å². The molecule has 3 aromatic rings. The number of nitrogens with zero attached hydrogens (tertiary/aromatic N) is 1. The Morgan fingerprint density at radius 2 is 1.76 bits per heavy atom. The average molecular weight is 352 g/mol. The Morgan fingerprint density at radius 1 is 1.08 bits per heavy atom. The standard InChI is InChI=1S/C20H20N2O2S/c1-15-19(20(23)21-13-12-16-8-4-2-5-9-16)25-18(22-15)14-24-17-10-6-3-7-11-17/h2-11H,12-14H2,1H3,(H,21,23). The molecule has 0 aliphatic carbocycles. The van der Waals surface area contributed by atoms with E-state index < -0.39 is 0 Å². The van der Waals surface area contributed by atoms with Gasteiger partial charge in [-0.15, -0.1) is 11.3 Å². The molecule has 0 unspecified atom stereocenters. The van der Waals surface area contributed by atoms with E-state index in [0.717, 1.165) is 22.9 Å². The normalized spacial score (nSPS) is 10.4. The number of benzene rings is 2. The number of hydrogen-bond donors (Lipinski definition) is 1. The van der Waals surface area contributed by atoms with Crippen LogP contribution in [-0.2, 0) is 13.0 Å². The Kier molecular flexibility index (Phi) is 5.80. The lowest BCUT2D eigenvalue weighted by molar-refractivity contribution is 0.0957. The van der Waals surface area contributed by atoms with Crippen LogP contribution in [0, 0.1) is 6.92 Å². The summed E-state index contributed by atoms with van der Waals surface area (Å²) in [5.41, 5.74) is 1.95. The summed E-state index contributed by atoms with van der Waals surface area (Å²) in [5.74, 6) is 0.723. The van der Waals surface area contributed by atoms with Crippen LogP contribution in [0.3, 0.4) is 0 Å². The highest BCUT2D eigenvalue weighted by atomic mass is 32.1. The maximum atomic E-state index is 12.4. The summed E-state index contributed by atoms with van der Waals surface area (Å²) in [6, 6.07) is 19.7. The summed E-state index contributed by atoms with van der Waals surface area (Å²) >= 11 is 1.38. The molecule has 0 saturated carbocycles. The molecule has 1 N–H and O–H groups in total. The third-order valence-electron chi connectivity index (χ3n) is 3.69. The van der Waals surface area contributed by atoms with Gasteiger partial charge in [-0.3, -0.25) is 4.79 Å². The third-order valence-corrected chi connectivity index (χ3v) is 4.82. The highest BCUT2D eigenvalue weighted by molar-refractivity contribution is 7.13. The number of carbonyl (C=O) groups is 1. The largest absolute Gasteiger partial charge is 0.486 e. The lowest BCUT2D eigenvalue weighted by Crippen LogP contribution is -2.25. The first-order chi connectivity index (χ1) is 12.2. The van der Waals surface area contributed by atoms with Crippen molar-refractivity contribution in [1.29, 1.82) is 0 Å². The molecule has 0 fully saturated rings. The molecule has 0 spiro atoms. The van der Waals surface area contributed by atoms with Gasteiger partial charge >= 0.3 is 0 Å². The Hall–Kier alpha value is -2.66. The van der Waals surface area contributed by atoms with Crippen LogP contribution in [-0.4, -0.2) is 17.4 Å². The van der Waals surface area contributed by atoms with E-state index in [1.807, 2.05) is 55.5 Å². The smallest absolute Gasteiger partial charge is 0.263 e. The number of ether oxygens (including phenoxy) is 1. The molecule has 25 heavy (non-hydrogen) atoms. The summed E-state index contributed by atoms with van der Waals surface area (Å²) in [7, 11) is 0. The molecule has 3 rings (SSSR count). The number of thiazole rings is 1. The average Bonchev–Trinajstić information content (AvgIpc) is 3.02. The number of para-hydroxylation sites is 1. The summed E-state index contributed by atoms with van der Waals surface area (Å²) in [6.45, 7) is 2.83. The second-order valence-corrected chi connectivity index (χ2v) is 6.70. The van der Waals surface area contributed by atoms with E-state index in [-0.39, 0.29) is 5.91 Å². The Labute approximate surface area is 151 Å². The van der Waals surface area contributed by atoms with Crippen LogP contribution >= 0.6 is 11.3 Å². The van der Waals surface area contributed by atoms with E-state index in [0.29, 0.717) is 18.0 Å². The molecule has 0 saturated heterocycles. The van der Waals surface area contributed by atoms with Gasteiger partial charge in [0.15, 0.2) is 0 Å². The number of carbonyl (C=O) groups excluding carboxylic acids is 1. The Balaban J connectivity index is 1.53. The van der Waals surface area contributed by atoms with Gasteiger partial charge < -0.3 is 10.1 Å². The fourth-order valence-electron chi connectivity index (χ4n) is 2.43. The highest BCUT2D eigenvalue weighted by Gasteiger charge is 2.15. The van der Waals surface area contributed by atoms with Gasteiger partial charge in [0, 0.05) is 6.54 Å². The van der Waals surface area contributed by atoms with E-state index in [4.69, 9.17) is 4.74 Å². The van der Waals surface area contributed by atoms with Crippen molar-refractivity contribution in [1.82, 2.24) is 10.3 Å². The van der Waals surface area contributed by atoms with Gasteiger partial charge in [0.25, 0.3) is 5.91 Å². The molecule has 0 aliphatic heterocycles. The first-order valence-electron chi connectivity index (χ1n) is 8.18. The molecule has 1 amide bonds. The van der Waals surface area contributed by atoms with Crippen LogP contribution in [0.25, 0.3) is 0 Å². The topological polar surface area (TPSA) is 51.2 Å². The monoisotopic (exact) mass is 352 g/mol. The van der Waals surface area contributed by atoms with Crippen molar-refractivity contribution in [2.45, 2.75) is 20.0 Å². The van der Waals surface area contributed by atoms with Crippen molar-refractivity contribution in [3.05, 3.63) is 81.8 Å². The number of aromatic nitrogens is 1. The molecular weight excluding hydrogens is 332 g/mol. The van der Waals surface area contributed by atoms with E-state index in [9.17, 15) is 4.79 Å². The second kappa shape index (κ2) is 8.44. The van der Waals surface area contributed by atoms with Gasteiger partial charge in [0.05, 0.1) is 5.69 Å². The maximum Gasteiger partial charge on any atom is 0.263 e. The van der Waals surface area contributed by atoms with Crippen molar-refractivity contribution in [2.75, 3.05) is 6.54 Å². The summed E-state index contributed by atoms with van der Waals surface area (Å²) in [4.78, 5) is 17.5. The molecule has 5 heteroatoms. The number of amides is 1. The molecule has 0 bridgehead atoms. The van der Waals surface area contributed by atoms with Crippen LogP contribution in [0.2, 0.25) is 0 Å². The zero-order valence-corrected chi connectivity index (χ0v) is 14.9. The molecule has 0 aliphatic rings. The van der Waals surface area contributed by atoms with Gasteiger partial charge in [-0.2, -0.15) is 0 Å². The number of nitrogens with one attached hydrogen (secondary N) is 1. The van der Waals surface area contributed by atoms with E-state index in [2.05, 4.69) is 22.4 Å². The highest BCUT2D eigenvalue weighted by Crippen LogP contribution is 2.20. The molecule has 1 aromatic heterocycles. The van der Waals surface area contributed by atoms with E-state index in [1.54, 1.807) is 0 Å². The number of aryl methyl sites for hydroxylation is 1. The summed E-state index contributed by atoms with van der Waals surface area (Å²) < 4.78 is 5.70. The van der Waals surface area contributed by atoms with Gasteiger partial charge in [-0.05, 0) is 31.0 Å². The predicted molar refractivity (Wildman–Crippen MR) is 100 cm³/mol. The van der Waals surface area contributed by atoms with Crippen molar-refractivity contribution < 1.29 is 9.53 Å². The molecule has 4 nitrogen and oxygen atoms in total. The van der Waals surface area contributed by atoms with E-state index in [1.165, 1.54) is 16.9 Å². The Morgan fingerprint density at radius 3 is 2.48 bits per heavy atom. The number of rotatable bonds is 7. The maximum absolute atomic E-state index is 12.4. The zero-order chi connectivity index (χ0) is 17.5. The van der Waals surface area contributed by atoms with Crippen LogP contribution in [0.15, 0.2) is 60.7 Å². The molecule has 1 heterocycles. The number of hydrogen-bond acceptors (Lipinski definition) is 4.